The van der Waals surface area contributed by atoms with Gasteiger partial charge in [0.2, 0.25) is 0 Å². The Morgan fingerprint density at radius 1 is 0.651 bits per heavy atom. The number of hydrogen-bond donors (Lipinski definition) is 1. The van der Waals surface area contributed by atoms with Crippen molar-refractivity contribution in [3.63, 3.8) is 0 Å². The fraction of sp³-hybridized carbons (Fsp3) is 0.0263. The van der Waals surface area contributed by atoms with Crippen molar-refractivity contribution in [2.24, 2.45) is 0 Å². The monoisotopic (exact) mass is 734 g/mol. The van der Waals surface area contributed by atoms with E-state index in [0.29, 0.717) is 17.1 Å². The number of hydrogen-bond acceptors (Lipinski definition) is 4. The molecule has 0 unspecified atom stereocenters. The molecular weight excluding hydrogens is 710 g/mol. The van der Waals surface area contributed by atoms with Gasteiger partial charge >= 0.3 is 0 Å². The maximum atomic E-state index is 10.8. The zero-order valence-corrected chi connectivity index (χ0v) is 25.1. The Morgan fingerprint density at radius 3 is 2.14 bits per heavy atom. The van der Waals surface area contributed by atoms with Gasteiger partial charge in [-0.15, -0.1) is 35.4 Å². The van der Waals surface area contributed by atoms with Crippen LogP contribution in [0.25, 0.3) is 44.7 Å². The number of fused-ring (bicyclic) bond motifs is 4. The van der Waals surface area contributed by atoms with Gasteiger partial charge in [-0.1, -0.05) is 84.9 Å². The van der Waals surface area contributed by atoms with Gasteiger partial charge in [-0.05, 0) is 52.6 Å². The fourth-order valence-electron chi connectivity index (χ4n) is 6.29. The van der Waals surface area contributed by atoms with Gasteiger partial charge in [0.15, 0.2) is 0 Å². The number of aromatic nitrogens is 3. The molecule has 0 bridgehead atoms. The third kappa shape index (κ3) is 4.21. The van der Waals surface area contributed by atoms with Crippen molar-refractivity contribution in [3.8, 4) is 39.5 Å². The van der Waals surface area contributed by atoms with Crippen LogP contribution >= 0.6 is 0 Å². The average molecular weight is 735 g/mol. The molecule has 208 valence electrons. The molecule has 0 fully saturated rings. The molecule has 0 aliphatic heterocycles. The number of para-hydroxylation sites is 2. The van der Waals surface area contributed by atoms with Crippen molar-refractivity contribution >= 4 is 10.9 Å². The number of aromatic hydroxyl groups is 1. The van der Waals surface area contributed by atoms with E-state index in [1.54, 1.807) is 18.2 Å². The van der Waals surface area contributed by atoms with E-state index in [-0.39, 0.29) is 32.9 Å². The molecule has 0 amide bonds. The minimum atomic E-state index is -0.801. The van der Waals surface area contributed by atoms with Gasteiger partial charge < -0.3 is 5.11 Å². The smallest absolute Gasteiger partial charge is 0.124 e. The van der Waals surface area contributed by atoms with Crippen molar-refractivity contribution < 1.29 is 27.5 Å². The number of phenols is 1. The van der Waals surface area contributed by atoms with E-state index in [4.69, 9.17) is 16.3 Å². The Balaban J connectivity index is 0.00000312. The zero-order chi connectivity index (χ0) is 29.0. The summed E-state index contributed by atoms with van der Waals surface area (Å²) >= 11 is 0. The Labute approximate surface area is 265 Å². The van der Waals surface area contributed by atoms with Crippen LogP contribution in [0.3, 0.4) is 0 Å². The largest absolute Gasteiger partial charge is 0.507 e. The number of pyridine rings is 1. The van der Waals surface area contributed by atoms with Crippen LogP contribution in [-0.2, 0) is 26.5 Å². The first-order chi connectivity index (χ1) is 21.1. The minimum absolute atomic E-state index is 0. The molecule has 1 N–H and O–H groups in total. The number of phenolic OH excluding ortho intramolecular Hbond substituents is 1. The molecule has 0 atom stereocenters. The predicted octanol–water partition coefficient (Wildman–Crippen LogP) is 8.23. The van der Waals surface area contributed by atoms with Gasteiger partial charge in [0.1, 0.15) is 5.75 Å². The topological polar surface area (TPSA) is 58.9 Å². The van der Waals surface area contributed by atoms with Crippen molar-refractivity contribution in [2.45, 2.75) is 5.41 Å². The van der Waals surface area contributed by atoms with Crippen LogP contribution in [0.1, 0.15) is 23.8 Å². The summed E-state index contributed by atoms with van der Waals surface area (Å²) in [5.41, 5.74) is 8.19. The zero-order valence-electron chi connectivity index (χ0n) is 23.8. The Kier molecular flexibility index (Phi) is 6.43. The van der Waals surface area contributed by atoms with E-state index in [9.17, 15) is 5.11 Å². The van der Waals surface area contributed by atoms with Crippen LogP contribution in [0.5, 0.6) is 5.75 Å². The number of nitrogens with zero attached hydrogens (tertiary/aromatic N) is 3. The second-order valence-corrected chi connectivity index (χ2v) is 10.4. The molecule has 0 spiro atoms. The summed E-state index contributed by atoms with van der Waals surface area (Å²) in [6, 6.07) is 45.8. The van der Waals surface area contributed by atoms with Gasteiger partial charge in [-0.2, -0.15) is 0 Å². The van der Waals surface area contributed by atoms with E-state index in [2.05, 4.69) is 60.7 Å². The van der Waals surface area contributed by atoms with Crippen molar-refractivity contribution in [2.75, 3.05) is 0 Å². The molecule has 43 heavy (non-hydrogen) atoms. The summed E-state index contributed by atoms with van der Waals surface area (Å²) < 4.78 is 8.16. The van der Waals surface area contributed by atoms with Crippen LogP contribution in [0.15, 0.2) is 140 Å². The molecule has 5 aromatic carbocycles. The maximum absolute atomic E-state index is 10.8. The summed E-state index contributed by atoms with van der Waals surface area (Å²) in [4.78, 5) is 14.8. The van der Waals surface area contributed by atoms with E-state index in [1.165, 1.54) is 0 Å². The number of rotatable bonds is 4. The van der Waals surface area contributed by atoms with Crippen molar-refractivity contribution in [1.82, 2.24) is 15.0 Å². The van der Waals surface area contributed by atoms with Gasteiger partial charge in [0.05, 0.1) is 29.5 Å². The molecule has 0 saturated carbocycles. The molecule has 0 saturated heterocycles. The third-order valence-corrected chi connectivity index (χ3v) is 8.12. The van der Waals surface area contributed by atoms with Gasteiger partial charge in [-0.25, -0.2) is 0 Å². The molecule has 7 aromatic rings. The van der Waals surface area contributed by atoms with E-state index in [1.807, 2.05) is 60.8 Å². The Hall–Kier alpha value is -4.92. The summed E-state index contributed by atoms with van der Waals surface area (Å²) in [5.74, 6) is 0.518. The van der Waals surface area contributed by atoms with Gasteiger partial charge in [-0.3, -0.25) is 15.0 Å². The van der Waals surface area contributed by atoms with Crippen LogP contribution in [0, 0.1) is 6.07 Å². The summed E-state index contributed by atoms with van der Waals surface area (Å²) in [6.07, 6.45) is 1.85. The summed E-state index contributed by atoms with van der Waals surface area (Å²) in [7, 11) is 0. The van der Waals surface area contributed by atoms with Crippen molar-refractivity contribution in [1.29, 1.82) is 0 Å². The molecule has 5 heteroatoms. The predicted molar refractivity (Wildman–Crippen MR) is 166 cm³/mol. The molecule has 4 nitrogen and oxygen atoms in total. The first kappa shape index (κ1) is 25.8. The van der Waals surface area contributed by atoms with E-state index in [0.717, 1.165) is 50.0 Å². The molecule has 8 rings (SSSR count). The van der Waals surface area contributed by atoms with Crippen molar-refractivity contribution in [3.05, 3.63) is 168 Å². The van der Waals surface area contributed by atoms with Crippen LogP contribution in [0.2, 0.25) is 0 Å². The van der Waals surface area contributed by atoms with Gasteiger partial charge in [0.25, 0.3) is 0 Å². The molecule has 0 radical (unpaired) electrons. The average Bonchev–Trinajstić information content (AvgIpc) is 3.37. The number of benzene rings is 5. The third-order valence-electron chi connectivity index (χ3n) is 8.12. The first-order valence-electron chi connectivity index (χ1n) is 14.4. The van der Waals surface area contributed by atoms with Gasteiger partial charge in [0, 0.05) is 38.2 Å². The van der Waals surface area contributed by atoms with Crippen LogP contribution in [0.4, 0.5) is 0 Å². The quantitative estimate of drug-likeness (QED) is 0.185. The first-order valence-corrected chi connectivity index (χ1v) is 13.9. The molecular formula is C38H24N3OPt-. The maximum Gasteiger partial charge on any atom is 0.124 e. The van der Waals surface area contributed by atoms with Crippen LogP contribution < -0.4 is 0 Å². The second kappa shape index (κ2) is 10.7. The normalized spacial score (nSPS) is 13.1. The summed E-state index contributed by atoms with van der Waals surface area (Å²) in [5, 5.41) is 11.8. The van der Waals surface area contributed by atoms with E-state index >= 15 is 0 Å². The molecule has 1 aliphatic carbocycles. The minimum Gasteiger partial charge on any atom is -0.507 e. The fourth-order valence-corrected chi connectivity index (χ4v) is 6.29. The van der Waals surface area contributed by atoms with Crippen LogP contribution in [-0.4, -0.2) is 20.1 Å². The second-order valence-electron chi connectivity index (χ2n) is 10.4. The molecule has 1 aliphatic rings. The van der Waals surface area contributed by atoms with E-state index < -0.39 is 5.41 Å². The summed E-state index contributed by atoms with van der Waals surface area (Å²) in [6.45, 7) is 0. The standard InChI is InChI=1S/C38H24N3O.Pt/c42-35-21-8-4-16-30(35)34-20-10-22-36(40-34)38(31-17-5-2-14-28(31)29-15-3-6-18-32(29)38)27-13-9-12-25(23-27)37-39-24-26-11-1-7-19-33(26)41-37;/h1-22,24,42H;/q-1;/i21D;. The molecule has 2 aromatic heterocycles. The Morgan fingerprint density at radius 2 is 1.33 bits per heavy atom. The molecule has 2 heterocycles. The SMILES string of the molecule is [2H]c1cccc(-c2cccc(C3(c4[c-]c(-c5ncc6ccccc6n5)ccc4)c4ccccc4-c4ccccc43)n2)c1O.[Pt]. The Bertz CT molecular complexity index is 2150.